The SMILES string of the molecule is N#Cc1ccccc1S(=O)(=O)N1CCN(Cn2nc(-c3cccs3)oc2=O)CC1. The Labute approximate surface area is 171 Å². The molecule has 11 heteroatoms. The fraction of sp³-hybridized carbons (Fsp3) is 0.278. The number of benzene rings is 1. The molecule has 0 amide bonds. The van der Waals surface area contributed by atoms with Crippen LogP contribution in [0.5, 0.6) is 0 Å². The average Bonchev–Trinajstić information content (AvgIpc) is 3.39. The topological polar surface area (TPSA) is 112 Å². The number of hydrogen-bond donors (Lipinski definition) is 0. The number of hydrogen-bond acceptors (Lipinski definition) is 8. The smallest absolute Gasteiger partial charge is 0.387 e. The van der Waals surface area contributed by atoms with Crippen molar-refractivity contribution in [3.63, 3.8) is 0 Å². The molecule has 150 valence electrons. The molecule has 1 aliphatic rings. The molecule has 1 aliphatic heterocycles. The van der Waals surface area contributed by atoms with E-state index in [0.29, 0.717) is 13.1 Å². The van der Waals surface area contributed by atoms with Crippen molar-refractivity contribution in [2.24, 2.45) is 0 Å². The van der Waals surface area contributed by atoms with Gasteiger partial charge >= 0.3 is 5.76 Å². The summed E-state index contributed by atoms with van der Waals surface area (Å²) in [7, 11) is -3.75. The Morgan fingerprint density at radius 3 is 2.59 bits per heavy atom. The van der Waals surface area contributed by atoms with Crippen LogP contribution in [0.1, 0.15) is 5.56 Å². The van der Waals surface area contributed by atoms with Gasteiger partial charge in [0.2, 0.25) is 10.0 Å². The van der Waals surface area contributed by atoms with E-state index in [1.54, 1.807) is 12.1 Å². The predicted molar refractivity (Wildman–Crippen MR) is 106 cm³/mol. The van der Waals surface area contributed by atoms with Crippen LogP contribution >= 0.6 is 11.3 Å². The zero-order valence-electron chi connectivity index (χ0n) is 15.3. The first kappa shape index (κ1) is 19.5. The maximum Gasteiger partial charge on any atom is 0.438 e. The number of piperazine rings is 1. The molecule has 1 aromatic carbocycles. The summed E-state index contributed by atoms with van der Waals surface area (Å²) in [5.41, 5.74) is 0.130. The first-order valence-electron chi connectivity index (χ1n) is 8.82. The van der Waals surface area contributed by atoms with Crippen LogP contribution in [-0.4, -0.2) is 53.6 Å². The van der Waals surface area contributed by atoms with E-state index in [4.69, 9.17) is 4.42 Å². The summed E-state index contributed by atoms with van der Waals surface area (Å²) in [5.74, 6) is -0.272. The van der Waals surface area contributed by atoms with Gasteiger partial charge in [0, 0.05) is 26.2 Å². The lowest BCUT2D eigenvalue weighted by atomic mass is 10.2. The molecule has 0 unspecified atom stereocenters. The van der Waals surface area contributed by atoms with Crippen molar-refractivity contribution in [2.45, 2.75) is 11.6 Å². The standard InChI is InChI=1S/C18H17N5O4S2/c19-12-14-4-1-2-6-16(14)29(25,26)22-9-7-21(8-10-22)13-23-18(24)27-17(20-23)15-5-3-11-28-15/h1-6,11H,7-10,13H2. The fourth-order valence-electron chi connectivity index (χ4n) is 3.12. The highest BCUT2D eigenvalue weighted by atomic mass is 32.2. The quantitative estimate of drug-likeness (QED) is 0.600. The van der Waals surface area contributed by atoms with Crippen molar-refractivity contribution in [1.29, 1.82) is 5.26 Å². The van der Waals surface area contributed by atoms with E-state index in [2.05, 4.69) is 5.10 Å². The molecule has 0 aliphatic carbocycles. The Kier molecular flexibility index (Phi) is 5.33. The number of nitriles is 1. The molecule has 9 nitrogen and oxygen atoms in total. The van der Waals surface area contributed by atoms with Crippen molar-refractivity contribution in [3.8, 4) is 16.8 Å². The van der Waals surface area contributed by atoms with Gasteiger partial charge in [-0.05, 0) is 23.6 Å². The second-order valence-electron chi connectivity index (χ2n) is 6.42. The highest BCUT2D eigenvalue weighted by Crippen LogP contribution is 2.22. The van der Waals surface area contributed by atoms with Gasteiger partial charge in [-0.15, -0.1) is 16.4 Å². The summed E-state index contributed by atoms with van der Waals surface area (Å²) >= 11 is 1.43. The zero-order chi connectivity index (χ0) is 20.4. The highest BCUT2D eigenvalue weighted by Gasteiger charge is 2.30. The maximum atomic E-state index is 12.9. The van der Waals surface area contributed by atoms with Gasteiger partial charge in [-0.2, -0.15) is 14.2 Å². The second-order valence-corrected chi connectivity index (χ2v) is 9.28. The minimum Gasteiger partial charge on any atom is -0.387 e. The molecule has 4 rings (SSSR count). The van der Waals surface area contributed by atoms with Crippen molar-refractivity contribution >= 4 is 21.4 Å². The predicted octanol–water partition coefficient (Wildman–Crippen LogP) is 1.40. The Morgan fingerprint density at radius 2 is 1.90 bits per heavy atom. The van der Waals surface area contributed by atoms with Crippen LogP contribution in [0, 0.1) is 11.3 Å². The van der Waals surface area contributed by atoms with E-state index in [9.17, 15) is 18.5 Å². The van der Waals surface area contributed by atoms with Crippen LogP contribution in [0.25, 0.3) is 10.8 Å². The summed E-state index contributed by atoms with van der Waals surface area (Å²) in [5, 5.41) is 15.3. The Hall–Kier alpha value is -2.78. The van der Waals surface area contributed by atoms with Gasteiger partial charge in [0.1, 0.15) is 12.7 Å². The summed E-state index contributed by atoms with van der Waals surface area (Å²) in [6.45, 7) is 1.60. The molecule has 1 fully saturated rings. The largest absolute Gasteiger partial charge is 0.438 e. The molecule has 3 heterocycles. The van der Waals surface area contributed by atoms with Gasteiger partial charge in [0.15, 0.2) is 0 Å². The first-order chi connectivity index (χ1) is 14.0. The van der Waals surface area contributed by atoms with Crippen molar-refractivity contribution in [1.82, 2.24) is 19.0 Å². The number of rotatable bonds is 5. The number of aromatic nitrogens is 2. The molecule has 29 heavy (non-hydrogen) atoms. The third-order valence-corrected chi connectivity index (χ3v) is 7.44. The fourth-order valence-corrected chi connectivity index (χ4v) is 5.33. The van der Waals surface area contributed by atoms with Crippen LogP contribution in [0.4, 0.5) is 0 Å². The summed E-state index contributed by atoms with van der Waals surface area (Å²) in [4.78, 5) is 14.8. The van der Waals surface area contributed by atoms with E-state index in [1.807, 2.05) is 28.5 Å². The molecule has 0 radical (unpaired) electrons. The Bertz CT molecular complexity index is 1200. The third kappa shape index (κ3) is 3.88. The molecule has 2 aromatic heterocycles. The van der Waals surface area contributed by atoms with E-state index in [1.165, 1.54) is 32.5 Å². The number of sulfonamides is 1. The molecule has 0 spiro atoms. The molecular formula is C18H17N5O4S2. The first-order valence-corrected chi connectivity index (χ1v) is 11.1. The van der Waals surface area contributed by atoms with Gasteiger partial charge < -0.3 is 4.42 Å². The van der Waals surface area contributed by atoms with E-state index in [-0.39, 0.29) is 36.1 Å². The second kappa shape index (κ2) is 7.92. The lowest BCUT2D eigenvalue weighted by molar-refractivity contribution is 0.142. The lowest BCUT2D eigenvalue weighted by Gasteiger charge is -2.33. The van der Waals surface area contributed by atoms with Gasteiger partial charge in [0.05, 0.1) is 15.3 Å². The van der Waals surface area contributed by atoms with Crippen LogP contribution in [-0.2, 0) is 16.7 Å². The molecule has 0 N–H and O–H groups in total. The minimum atomic E-state index is -3.75. The van der Waals surface area contributed by atoms with Crippen LogP contribution < -0.4 is 5.76 Å². The van der Waals surface area contributed by atoms with Crippen LogP contribution in [0.2, 0.25) is 0 Å². The van der Waals surface area contributed by atoms with E-state index < -0.39 is 15.8 Å². The molecule has 0 saturated carbocycles. The Balaban J connectivity index is 1.44. The van der Waals surface area contributed by atoms with Gasteiger partial charge in [-0.1, -0.05) is 18.2 Å². The molecule has 3 aromatic rings. The van der Waals surface area contributed by atoms with Crippen molar-refractivity contribution < 1.29 is 12.8 Å². The third-order valence-electron chi connectivity index (χ3n) is 4.63. The van der Waals surface area contributed by atoms with Crippen LogP contribution in [0.15, 0.2) is 55.9 Å². The molecule has 0 atom stereocenters. The number of nitrogens with zero attached hydrogens (tertiary/aromatic N) is 5. The van der Waals surface area contributed by atoms with E-state index >= 15 is 0 Å². The van der Waals surface area contributed by atoms with Gasteiger partial charge in [-0.3, -0.25) is 4.90 Å². The maximum absolute atomic E-state index is 12.9. The normalized spacial score (nSPS) is 16.0. The highest BCUT2D eigenvalue weighted by molar-refractivity contribution is 7.89. The summed E-state index contributed by atoms with van der Waals surface area (Å²) < 4.78 is 33.6. The molecular weight excluding hydrogens is 414 g/mol. The van der Waals surface area contributed by atoms with Crippen molar-refractivity contribution in [3.05, 3.63) is 57.9 Å². The summed E-state index contributed by atoms with van der Waals surface area (Å²) in [6.07, 6.45) is 0. The lowest BCUT2D eigenvalue weighted by Crippen LogP contribution is -2.49. The molecule has 1 saturated heterocycles. The monoisotopic (exact) mass is 431 g/mol. The minimum absolute atomic E-state index is 0.0178. The summed E-state index contributed by atoms with van der Waals surface area (Å²) in [6, 6.07) is 11.8. The zero-order valence-corrected chi connectivity index (χ0v) is 16.9. The van der Waals surface area contributed by atoms with Gasteiger partial charge in [-0.25, -0.2) is 13.2 Å². The van der Waals surface area contributed by atoms with Crippen molar-refractivity contribution in [2.75, 3.05) is 26.2 Å². The van der Waals surface area contributed by atoms with Crippen LogP contribution in [0.3, 0.4) is 0 Å². The van der Waals surface area contributed by atoms with E-state index in [0.717, 1.165) is 4.88 Å². The average molecular weight is 431 g/mol. The molecule has 0 bridgehead atoms. The van der Waals surface area contributed by atoms with Gasteiger partial charge in [0.25, 0.3) is 5.89 Å². The Morgan fingerprint density at radius 1 is 1.14 bits per heavy atom. The number of thiophene rings is 1.